The van der Waals surface area contributed by atoms with Crippen LogP contribution in [0.1, 0.15) is 51.4 Å². The molecule has 13 nitrogen and oxygen atoms in total. The van der Waals surface area contributed by atoms with Crippen LogP contribution in [0.25, 0.3) is 0 Å². The van der Waals surface area contributed by atoms with E-state index in [1.807, 2.05) is 0 Å². The molecule has 202 valence electrons. The van der Waals surface area contributed by atoms with Gasteiger partial charge in [-0.25, -0.2) is 4.79 Å². The van der Waals surface area contributed by atoms with Crippen LogP contribution in [0.5, 0.6) is 0 Å². The van der Waals surface area contributed by atoms with Crippen LogP contribution in [0, 0.1) is 0 Å². The number of methoxy groups -OCH3 is 1. The number of amides is 3. The van der Waals surface area contributed by atoms with Gasteiger partial charge in [0.05, 0.1) is 26.4 Å². The largest absolute Gasteiger partial charge is 0.481 e. The Balaban J connectivity index is 3.81. The van der Waals surface area contributed by atoms with Crippen molar-refractivity contribution in [2.45, 2.75) is 57.4 Å². The molecule has 0 rings (SSSR count). The van der Waals surface area contributed by atoms with Crippen molar-refractivity contribution in [1.29, 1.82) is 0 Å². The standard InChI is InChI=1S/C22H39N3O10/c1-33-12-10-24-20(28)16-35-15-14-34-13-11-23-18(26)9-8-17(22(31)32)25-19(27)6-4-2-3-5-7-21(29)30/h17H,2-16H2,1H3,(H,23,26)(H,24,28)(H,25,27)(H,29,30)(H,31,32)/t17-/m0/s1. The zero-order valence-corrected chi connectivity index (χ0v) is 20.3. The van der Waals surface area contributed by atoms with Gasteiger partial charge in [-0.15, -0.1) is 0 Å². The van der Waals surface area contributed by atoms with E-state index in [-0.39, 0.29) is 70.5 Å². The summed E-state index contributed by atoms with van der Waals surface area (Å²) in [5.74, 6) is -3.11. The van der Waals surface area contributed by atoms with Crippen LogP contribution in [0.2, 0.25) is 0 Å². The molecule has 0 spiro atoms. The summed E-state index contributed by atoms with van der Waals surface area (Å²) in [6, 6.07) is -1.17. The van der Waals surface area contributed by atoms with Gasteiger partial charge < -0.3 is 40.4 Å². The molecule has 0 aromatic heterocycles. The fourth-order valence-electron chi connectivity index (χ4n) is 2.79. The number of carboxylic acid groups (broad SMARTS) is 2. The number of carbonyl (C=O) groups is 5. The fourth-order valence-corrected chi connectivity index (χ4v) is 2.79. The SMILES string of the molecule is COCCNC(=O)COCCOCCNC(=O)CC[C@H](NC(=O)CCCCCCC(=O)O)C(=O)O. The first-order valence-electron chi connectivity index (χ1n) is 11.7. The number of aliphatic carboxylic acids is 2. The molecule has 0 fully saturated rings. The first-order valence-corrected chi connectivity index (χ1v) is 11.7. The molecule has 0 saturated heterocycles. The van der Waals surface area contributed by atoms with E-state index in [0.717, 1.165) is 0 Å². The Kier molecular flexibility index (Phi) is 20.0. The molecule has 0 saturated carbocycles. The van der Waals surface area contributed by atoms with Crippen LogP contribution in [-0.2, 0) is 38.2 Å². The van der Waals surface area contributed by atoms with Crippen LogP contribution in [-0.4, -0.2) is 99.1 Å². The maximum absolute atomic E-state index is 11.9. The summed E-state index contributed by atoms with van der Waals surface area (Å²) in [4.78, 5) is 57.0. The normalized spacial score (nSPS) is 11.5. The highest BCUT2D eigenvalue weighted by atomic mass is 16.5. The molecule has 35 heavy (non-hydrogen) atoms. The quantitative estimate of drug-likeness (QED) is 0.115. The van der Waals surface area contributed by atoms with Crippen LogP contribution < -0.4 is 16.0 Å². The Bertz CT molecular complexity index is 645. The first-order chi connectivity index (χ1) is 16.8. The third-order valence-corrected chi connectivity index (χ3v) is 4.64. The van der Waals surface area contributed by atoms with Crippen molar-refractivity contribution in [2.24, 2.45) is 0 Å². The summed E-state index contributed by atoms with van der Waals surface area (Å²) in [6.07, 6.45) is 2.54. The second-order valence-corrected chi connectivity index (χ2v) is 7.66. The lowest BCUT2D eigenvalue weighted by Gasteiger charge is -2.14. The molecule has 0 aromatic carbocycles. The van der Waals surface area contributed by atoms with Gasteiger partial charge in [-0.1, -0.05) is 12.8 Å². The fraction of sp³-hybridized carbons (Fsp3) is 0.773. The van der Waals surface area contributed by atoms with Crippen molar-refractivity contribution in [3.05, 3.63) is 0 Å². The van der Waals surface area contributed by atoms with Crippen molar-refractivity contribution >= 4 is 29.7 Å². The Labute approximate surface area is 205 Å². The van der Waals surface area contributed by atoms with Gasteiger partial charge in [-0.2, -0.15) is 0 Å². The molecule has 1 atom stereocenters. The van der Waals surface area contributed by atoms with E-state index in [2.05, 4.69) is 16.0 Å². The minimum absolute atomic E-state index is 0.0489. The average Bonchev–Trinajstić information content (AvgIpc) is 2.80. The lowest BCUT2D eigenvalue weighted by atomic mass is 10.1. The molecule has 0 aliphatic heterocycles. The van der Waals surface area contributed by atoms with E-state index in [9.17, 15) is 29.1 Å². The number of rotatable bonds is 23. The van der Waals surface area contributed by atoms with Gasteiger partial charge >= 0.3 is 11.9 Å². The molecule has 0 aliphatic rings. The Morgan fingerprint density at radius 2 is 1.34 bits per heavy atom. The maximum Gasteiger partial charge on any atom is 0.326 e. The molecular weight excluding hydrogens is 466 g/mol. The van der Waals surface area contributed by atoms with Crippen LogP contribution in [0.15, 0.2) is 0 Å². The third kappa shape index (κ3) is 21.5. The highest BCUT2D eigenvalue weighted by Gasteiger charge is 2.20. The van der Waals surface area contributed by atoms with E-state index < -0.39 is 23.9 Å². The summed E-state index contributed by atoms with van der Waals surface area (Å²) in [6.45, 7) is 1.65. The number of nitrogens with one attached hydrogen (secondary N) is 3. The van der Waals surface area contributed by atoms with E-state index in [1.54, 1.807) is 0 Å². The van der Waals surface area contributed by atoms with E-state index in [4.69, 9.17) is 19.3 Å². The Hall–Kier alpha value is -2.77. The van der Waals surface area contributed by atoms with Gasteiger partial charge in [0.15, 0.2) is 0 Å². The van der Waals surface area contributed by atoms with Crippen molar-refractivity contribution in [1.82, 2.24) is 16.0 Å². The summed E-state index contributed by atoms with van der Waals surface area (Å²) in [5.41, 5.74) is 0. The Morgan fingerprint density at radius 1 is 0.714 bits per heavy atom. The van der Waals surface area contributed by atoms with Crippen molar-refractivity contribution in [2.75, 3.05) is 53.2 Å². The molecule has 3 amide bonds. The van der Waals surface area contributed by atoms with Gasteiger partial charge in [0.25, 0.3) is 0 Å². The molecule has 0 aromatic rings. The number of hydrogen-bond donors (Lipinski definition) is 5. The predicted octanol–water partition coefficient (Wildman–Crippen LogP) is -0.327. The van der Waals surface area contributed by atoms with Crippen LogP contribution in [0.3, 0.4) is 0 Å². The van der Waals surface area contributed by atoms with Gasteiger partial charge in [-0.05, 0) is 19.3 Å². The Morgan fingerprint density at radius 3 is 2.00 bits per heavy atom. The summed E-state index contributed by atoms with van der Waals surface area (Å²) in [7, 11) is 1.54. The summed E-state index contributed by atoms with van der Waals surface area (Å²) in [5, 5.41) is 25.5. The lowest BCUT2D eigenvalue weighted by molar-refractivity contribution is -0.142. The van der Waals surface area contributed by atoms with Crippen molar-refractivity contribution in [3.63, 3.8) is 0 Å². The van der Waals surface area contributed by atoms with E-state index in [1.165, 1.54) is 7.11 Å². The monoisotopic (exact) mass is 505 g/mol. The van der Waals surface area contributed by atoms with Gasteiger partial charge in [0.1, 0.15) is 12.6 Å². The van der Waals surface area contributed by atoms with Gasteiger partial charge in [0, 0.05) is 39.5 Å². The van der Waals surface area contributed by atoms with E-state index in [0.29, 0.717) is 38.8 Å². The van der Waals surface area contributed by atoms with Crippen molar-refractivity contribution in [3.8, 4) is 0 Å². The topological polar surface area (TPSA) is 190 Å². The minimum Gasteiger partial charge on any atom is -0.481 e. The number of carbonyl (C=O) groups excluding carboxylic acids is 3. The molecule has 0 unspecified atom stereocenters. The number of ether oxygens (including phenoxy) is 3. The highest BCUT2D eigenvalue weighted by molar-refractivity contribution is 5.84. The van der Waals surface area contributed by atoms with Gasteiger partial charge in [-0.3, -0.25) is 19.2 Å². The van der Waals surface area contributed by atoms with Crippen LogP contribution in [0.4, 0.5) is 0 Å². The summed E-state index contributed by atoms with van der Waals surface area (Å²) < 4.78 is 15.2. The summed E-state index contributed by atoms with van der Waals surface area (Å²) >= 11 is 0. The van der Waals surface area contributed by atoms with Crippen molar-refractivity contribution < 1.29 is 48.4 Å². The predicted molar refractivity (Wildman–Crippen MR) is 124 cm³/mol. The zero-order valence-electron chi connectivity index (χ0n) is 20.3. The zero-order chi connectivity index (χ0) is 26.3. The number of hydrogen-bond acceptors (Lipinski definition) is 8. The molecule has 0 radical (unpaired) electrons. The number of unbranched alkanes of at least 4 members (excludes halogenated alkanes) is 3. The van der Waals surface area contributed by atoms with Crippen LogP contribution >= 0.6 is 0 Å². The number of carboxylic acids is 2. The first kappa shape index (κ1) is 32.2. The molecule has 0 heterocycles. The molecule has 0 aliphatic carbocycles. The molecular formula is C22H39N3O10. The minimum atomic E-state index is -1.22. The maximum atomic E-state index is 11.9. The molecule has 5 N–H and O–H groups in total. The second kappa shape index (κ2) is 21.7. The smallest absolute Gasteiger partial charge is 0.326 e. The lowest BCUT2D eigenvalue weighted by Crippen LogP contribution is -2.41. The average molecular weight is 506 g/mol. The third-order valence-electron chi connectivity index (χ3n) is 4.64. The van der Waals surface area contributed by atoms with Gasteiger partial charge in [0.2, 0.25) is 17.7 Å². The second-order valence-electron chi connectivity index (χ2n) is 7.66. The van der Waals surface area contributed by atoms with E-state index >= 15 is 0 Å². The molecule has 13 heteroatoms. The molecule has 0 bridgehead atoms. The highest BCUT2D eigenvalue weighted by Crippen LogP contribution is 2.06.